The van der Waals surface area contributed by atoms with Crippen molar-refractivity contribution < 1.29 is 13.2 Å². The first-order valence-corrected chi connectivity index (χ1v) is 12.7. The summed E-state index contributed by atoms with van der Waals surface area (Å²) in [6, 6.07) is 8.32. The average Bonchev–Trinajstić information content (AvgIpc) is 2.91. The molecule has 0 atom stereocenters. The predicted molar refractivity (Wildman–Crippen MR) is 117 cm³/mol. The van der Waals surface area contributed by atoms with Gasteiger partial charge in [0.1, 0.15) is 11.1 Å². The maximum atomic E-state index is 12.9. The van der Waals surface area contributed by atoms with Gasteiger partial charge in [-0.3, -0.25) is 4.79 Å². The van der Waals surface area contributed by atoms with Crippen LogP contribution in [0.25, 0.3) is 0 Å². The number of hydrogen-bond donors (Lipinski definition) is 1. The SMILES string of the molecule is N#Cc1c(NC(=O)c2ccc(S(=O)(=O)N3CCCCCC3)cc2)sc2c1CCCC2. The molecule has 0 saturated carbocycles. The quantitative estimate of drug-likeness (QED) is 0.762. The normalized spacial score (nSPS) is 17.6. The minimum atomic E-state index is -3.54. The summed E-state index contributed by atoms with van der Waals surface area (Å²) in [6.45, 7) is 1.09. The molecule has 1 amide bonds. The van der Waals surface area contributed by atoms with Gasteiger partial charge in [0.2, 0.25) is 10.0 Å². The molecule has 1 fully saturated rings. The molecule has 1 aliphatic heterocycles. The number of hydrogen-bond acceptors (Lipinski definition) is 5. The Kier molecular flexibility index (Phi) is 6.23. The molecule has 0 radical (unpaired) electrons. The molecule has 0 unspecified atom stereocenters. The molecule has 1 aromatic heterocycles. The van der Waals surface area contributed by atoms with Crippen molar-refractivity contribution in [3.63, 3.8) is 0 Å². The third-order valence-corrected chi connectivity index (χ3v) is 8.95. The number of nitriles is 1. The highest BCUT2D eigenvalue weighted by Crippen LogP contribution is 2.37. The fourth-order valence-corrected chi connectivity index (χ4v) is 6.91. The number of aryl methyl sites for hydroxylation is 1. The molecule has 158 valence electrons. The fourth-order valence-electron chi connectivity index (χ4n) is 4.16. The molecular formula is C22H25N3O3S2. The third kappa shape index (κ3) is 4.15. The number of benzene rings is 1. The minimum Gasteiger partial charge on any atom is -0.312 e. The Morgan fingerprint density at radius 1 is 1.00 bits per heavy atom. The van der Waals surface area contributed by atoms with Gasteiger partial charge in [0.25, 0.3) is 5.91 Å². The van der Waals surface area contributed by atoms with E-state index in [1.165, 1.54) is 28.3 Å². The third-order valence-electron chi connectivity index (χ3n) is 5.83. The number of thiophene rings is 1. The number of rotatable bonds is 4. The molecule has 30 heavy (non-hydrogen) atoms. The van der Waals surface area contributed by atoms with E-state index in [1.807, 2.05) is 0 Å². The van der Waals surface area contributed by atoms with Crippen LogP contribution in [0.15, 0.2) is 29.2 Å². The van der Waals surface area contributed by atoms with E-state index < -0.39 is 10.0 Å². The molecule has 1 aliphatic carbocycles. The van der Waals surface area contributed by atoms with Crippen LogP contribution in [-0.2, 0) is 22.9 Å². The van der Waals surface area contributed by atoms with Crippen LogP contribution >= 0.6 is 11.3 Å². The molecule has 2 aliphatic rings. The lowest BCUT2D eigenvalue weighted by atomic mass is 9.96. The van der Waals surface area contributed by atoms with E-state index >= 15 is 0 Å². The smallest absolute Gasteiger partial charge is 0.256 e. The van der Waals surface area contributed by atoms with Gasteiger partial charge in [-0.1, -0.05) is 12.8 Å². The largest absolute Gasteiger partial charge is 0.312 e. The minimum absolute atomic E-state index is 0.213. The van der Waals surface area contributed by atoms with Crippen molar-refractivity contribution in [3.05, 3.63) is 45.8 Å². The zero-order valence-corrected chi connectivity index (χ0v) is 18.4. The number of fused-ring (bicyclic) bond motifs is 1. The van der Waals surface area contributed by atoms with E-state index in [0.29, 0.717) is 29.2 Å². The molecule has 4 rings (SSSR count). The number of nitrogens with zero attached hydrogens (tertiary/aromatic N) is 2. The van der Waals surface area contributed by atoms with E-state index in [4.69, 9.17) is 0 Å². The Balaban J connectivity index is 1.51. The van der Waals surface area contributed by atoms with Gasteiger partial charge in [-0.05, 0) is 68.4 Å². The van der Waals surface area contributed by atoms with Crippen molar-refractivity contribution in [1.29, 1.82) is 5.26 Å². The summed E-state index contributed by atoms with van der Waals surface area (Å²) in [7, 11) is -3.54. The summed E-state index contributed by atoms with van der Waals surface area (Å²) in [4.78, 5) is 14.1. The van der Waals surface area contributed by atoms with E-state index in [0.717, 1.165) is 56.9 Å². The summed E-state index contributed by atoms with van der Waals surface area (Å²) in [5.74, 6) is -0.330. The molecular weight excluding hydrogens is 418 g/mol. The van der Waals surface area contributed by atoms with E-state index in [9.17, 15) is 18.5 Å². The lowest BCUT2D eigenvalue weighted by molar-refractivity contribution is 0.102. The number of carbonyl (C=O) groups is 1. The number of sulfonamides is 1. The maximum absolute atomic E-state index is 12.9. The molecule has 0 spiro atoms. The first-order valence-electron chi connectivity index (χ1n) is 10.5. The van der Waals surface area contributed by atoms with Crippen molar-refractivity contribution in [1.82, 2.24) is 4.31 Å². The van der Waals surface area contributed by atoms with Crippen molar-refractivity contribution >= 4 is 32.3 Å². The number of carbonyl (C=O) groups excluding carboxylic acids is 1. The van der Waals surface area contributed by atoms with E-state index in [-0.39, 0.29) is 10.8 Å². The van der Waals surface area contributed by atoms with Crippen molar-refractivity contribution in [3.8, 4) is 6.07 Å². The molecule has 1 N–H and O–H groups in total. The monoisotopic (exact) mass is 443 g/mol. The zero-order chi connectivity index (χ0) is 21.1. The highest BCUT2D eigenvalue weighted by Gasteiger charge is 2.26. The van der Waals surface area contributed by atoms with Crippen LogP contribution < -0.4 is 5.32 Å². The predicted octanol–water partition coefficient (Wildman–Crippen LogP) is 4.32. The van der Waals surface area contributed by atoms with Gasteiger partial charge in [0.15, 0.2) is 0 Å². The summed E-state index contributed by atoms with van der Waals surface area (Å²) in [5.41, 5.74) is 2.02. The second-order valence-corrected chi connectivity index (χ2v) is 10.9. The summed E-state index contributed by atoms with van der Waals surface area (Å²) < 4.78 is 27.3. The Bertz CT molecular complexity index is 1070. The lowest BCUT2D eigenvalue weighted by Gasteiger charge is -2.20. The fraction of sp³-hybridized carbons (Fsp3) is 0.455. The maximum Gasteiger partial charge on any atom is 0.256 e. The molecule has 2 aromatic rings. The zero-order valence-electron chi connectivity index (χ0n) is 16.8. The Morgan fingerprint density at radius 2 is 1.67 bits per heavy atom. The topological polar surface area (TPSA) is 90.3 Å². The van der Waals surface area contributed by atoms with Gasteiger partial charge in [-0.2, -0.15) is 9.57 Å². The van der Waals surface area contributed by atoms with Crippen molar-refractivity contribution in [2.45, 2.75) is 56.3 Å². The van der Waals surface area contributed by atoms with E-state index in [2.05, 4.69) is 11.4 Å². The van der Waals surface area contributed by atoms with Crippen LogP contribution in [0.2, 0.25) is 0 Å². The lowest BCUT2D eigenvalue weighted by Crippen LogP contribution is -2.31. The van der Waals surface area contributed by atoms with E-state index in [1.54, 1.807) is 16.4 Å². The molecule has 6 nitrogen and oxygen atoms in total. The van der Waals surface area contributed by atoms with Crippen LogP contribution in [0.5, 0.6) is 0 Å². The summed E-state index contributed by atoms with van der Waals surface area (Å²) in [5, 5.41) is 13.0. The molecule has 1 aromatic carbocycles. The first-order chi connectivity index (χ1) is 14.5. The van der Waals surface area contributed by atoms with Gasteiger partial charge in [-0.15, -0.1) is 11.3 Å². The van der Waals surface area contributed by atoms with Gasteiger partial charge in [0.05, 0.1) is 10.5 Å². The van der Waals surface area contributed by atoms with Gasteiger partial charge >= 0.3 is 0 Å². The second-order valence-electron chi connectivity index (χ2n) is 7.82. The van der Waals surface area contributed by atoms with Crippen LogP contribution in [0.1, 0.15) is 64.9 Å². The van der Waals surface area contributed by atoms with Crippen LogP contribution in [0, 0.1) is 11.3 Å². The van der Waals surface area contributed by atoms with Gasteiger partial charge in [-0.25, -0.2) is 8.42 Å². The number of amides is 1. The van der Waals surface area contributed by atoms with Crippen LogP contribution in [0.3, 0.4) is 0 Å². The highest BCUT2D eigenvalue weighted by atomic mass is 32.2. The second kappa shape index (κ2) is 8.88. The Labute approximate surface area is 181 Å². The van der Waals surface area contributed by atoms with Gasteiger partial charge < -0.3 is 5.32 Å². The van der Waals surface area contributed by atoms with Crippen molar-refractivity contribution in [2.24, 2.45) is 0 Å². The molecule has 8 heteroatoms. The first kappa shape index (κ1) is 21.0. The standard InChI is InChI=1S/C22H25N3O3S2/c23-15-19-18-7-3-4-8-20(18)29-22(19)24-21(26)16-9-11-17(12-10-16)30(27,28)25-13-5-1-2-6-14-25/h9-12H,1-8,13-14H2,(H,24,26). The van der Waals surface area contributed by atoms with Crippen LogP contribution in [-0.4, -0.2) is 31.7 Å². The summed E-state index contributed by atoms with van der Waals surface area (Å²) >= 11 is 1.48. The number of anilines is 1. The molecule has 2 heterocycles. The number of nitrogens with one attached hydrogen (secondary N) is 1. The summed E-state index contributed by atoms with van der Waals surface area (Å²) in [6.07, 6.45) is 7.89. The Morgan fingerprint density at radius 3 is 2.33 bits per heavy atom. The van der Waals surface area contributed by atoms with Crippen molar-refractivity contribution in [2.75, 3.05) is 18.4 Å². The van der Waals surface area contributed by atoms with Gasteiger partial charge in [0, 0.05) is 23.5 Å². The molecule has 1 saturated heterocycles. The highest BCUT2D eigenvalue weighted by molar-refractivity contribution is 7.89. The Hall–Kier alpha value is -2.21. The molecule has 0 bridgehead atoms. The van der Waals surface area contributed by atoms with Crippen LogP contribution in [0.4, 0.5) is 5.00 Å². The average molecular weight is 444 g/mol.